The molecular weight excluding hydrogens is 749 g/mol. The molecule has 0 saturated heterocycles. The summed E-state index contributed by atoms with van der Waals surface area (Å²) in [6, 6.07) is 88.5. The van der Waals surface area contributed by atoms with E-state index in [1.165, 1.54) is 87.5 Å². The number of anilines is 3. The van der Waals surface area contributed by atoms with Gasteiger partial charge in [-0.15, -0.1) is 0 Å². The molecule has 11 aromatic carbocycles. The van der Waals surface area contributed by atoms with E-state index in [0.717, 1.165) is 22.7 Å². The van der Waals surface area contributed by atoms with Crippen LogP contribution in [-0.2, 0) is 0 Å². The first-order valence-corrected chi connectivity index (χ1v) is 21.3. The average molecular weight is 789 g/mol. The van der Waals surface area contributed by atoms with Crippen molar-refractivity contribution in [1.82, 2.24) is 4.57 Å². The lowest BCUT2D eigenvalue weighted by Crippen LogP contribution is -2.10. The third-order valence-corrected chi connectivity index (χ3v) is 12.5. The summed E-state index contributed by atoms with van der Waals surface area (Å²) in [6.45, 7) is 0. The Kier molecular flexibility index (Phi) is 8.53. The summed E-state index contributed by atoms with van der Waals surface area (Å²) in [6.07, 6.45) is 0. The molecule has 0 radical (unpaired) electrons. The first kappa shape index (κ1) is 35.7. The Balaban J connectivity index is 1.12. The summed E-state index contributed by atoms with van der Waals surface area (Å²) in [5, 5.41) is 9.87. The van der Waals surface area contributed by atoms with Crippen LogP contribution in [-0.4, -0.2) is 4.57 Å². The molecule has 1 heterocycles. The van der Waals surface area contributed by atoms with Crippen molar-refractivity contribution in [2.45, 2.75) is 0 Å². The van der Waals surface area contributed by atoms with E-state index in [4.69, 9.17) is 0 Å². The SMILES string of the molecule is c1ccc(-c2c(-c3ccccc3)c3cc(N(c4ccc(-c5cccc6ccccc56)cc4)c4ccc5c(c4)c4ccccc4n5-c4ccccc4)ccc3c3ccccc23)cc1. The molecule has 0 amide bonds. The summed E-state index contributed by atoms with van der Waals surface area (Å²) >= 11 is 0. The zero-order chi connectivity index (χ0) is 41.0. The van der Waals surface area contributed by atoms with Gasteiger partial charge >= 0.3 is 0 Å². The zero-order valence-corrected chi connectivity index (χ0v) is 34.0. The van der Waals surface area contributed by atoms with Crippen molar-refractivity contribution < 1.29 is 0 Å². The van der Waals surface area contributed by atoms with Crippen LogP contribution in [0.1, 0.15) is 0 Å². The van der Waals surface area contributed by atoms with Crippen molar-refractivity contribution in [1.29, 1.82) is 0 Å². The quantitative estimate of drug-likeness (QED) is 0.146. The van der Waals surface area contributed by atoms with Gasteiger partial charge in [0, 0.05) is 33.5 Å². The molecule has 0 saturated carbocycles. The Hall–Kier alpha value is -8.20. The summed E-state index contributed by atoms with van der Waals surface area (Å²) < 4.78 is 2.39. The van der Waals surface area contributed by atoms with Crippen LogP contribution in [0.5, 0.6) is 0 Å². The number of aromatic nitrogens is 1. The van der Waals surface area contributed by atoms with E-state index in [0.29, 0.717) is 0 Å². The van der Waals surface area contributed by atoms with Crippen molar-refractivity contribution in [3.63, 3.8) is 0 Å². The third-order valence-electron chi connectivity index (χ3n) is 12.5. The van der Waals surface area contributed by atoms with Crippen LogP contribution in [0, 0.1) is 0 Å². The fraction of sp³-hybridized carbons (Fsp3) is 0. The molecule has 0 unspecified atom stereocenters. The number of fused-ring (bicyclic) bond motifs is 7. The molecule has 0 bridgehead atoms. The van der Waals surface area contributed by atoms with Crippen LogP contribution < -0.4 is 4.90 Å². The van der Waals surface area contributed by atoms with Crippen molar-refractivity contribution >= 4 is 71.2 Å². The summed E-state index contributed by atoms with van der Waals surface area (Å²) in [5.41, 5.74) is 14.1. The van der Waals surface area contributed by atoms with E-state index in [-0.39, 0.29) is 0 Å². The van der Waals surface area contributed by atoms with Crippen LogP contribution in [0.15, 0.2) is 243 Å². The lowest BCUT2D eigenvalue weighted by atomic mass is 9.85. The zero-order valence-electron chi connectivity index (χ0n) is 34.0. The van der Waals surface area contributed by atoms with E-state index in [1.54, 1.807) is 0 Å². The second-order valence-electron chi connectivity index (χ2n) is 16.1. The summed E-state index contributed by atoms with van der Waals surface area (Å²) in [4.78, 5) is 2.44. The Morgan fingerprint density at radius 3 is 1.50 bits per heavy atom. The molecule has 0 aliphatic carbocycles. The number of nitrogens with zero attached hydrogens (tertiary/aromatic N) is 2. The van der Waals surface area contributed by atoms with Gasteiger partial charge in [-0.2, -0.15) is 0 Å². The molecule has 0 fully saturated rings. The van der Waals surface area contributed by atoms with Crippen LogP contribution in [0.3, 0.4) is 0 Å². The Morgan fingerprint density at radius 2 is 0.774 bits per heavy atom. The summed E-state index contributed by atoms with van der Waals surface area (Å²) in [5.74, 6) is 0. The highest BCUT2D eigenvalue weighted by molar-refractivity contribution is 6.22. The Bertz CT molecular complexity index is 3600. The predicted molar refractivity (Wildman–Crippen MR) is 264 cm³/mol. The van der Waals surface area contributed by atoms with Crippen molar-refractivity contribution in [2.24, 2.45) is 0 Å². The minimum absolute atomic E-state index is 1.09. The maximum absolute atomic E-state index is 2.44. The summed E-state index contributed by atoms with van der Waals surface area (Å²) in [7, 11) is 0. The molecule has 2 heteroatoms. The fourth-order valence-corrected chi connectivity index (χ4v) is 9.80. The van der Waals surface area contributed by atoms with Crippen molar-refractivity contribution in [3.8, 4) is 39.1 Å². The number of benzene rings is 11. The van der Waals surface area contributed by atoms with Gasteiger partial charge in [0.15, 0.2) is 0 Å². The first-order valence-electron chi connectivity index (χ1n) is 21.3. The molecule has 12 rings (SSSR count). The van der Waals surface area contributed by atoms with Gasteiger partial charge in [-0.25, -0.2) is 0 Å². The van der Waals surface area contributed by atoms with Crippen molar-refractivity contribution in [2.75, 3.05) is 4.90 Å². The van der Waals surface area contributed by atoms with Gasteiger partial charge in [-0.05, 0) is 126 Å². The van der Waals surface area contributed by atoms with Crippen LogP contribution in [0.2, 0.25) is 0 Å². The maximum Gasteiger partial charge on any atom is 0.0542 e. The lowest BCUT2D eigenvalue weighted by Gasteiger charge is -2.27. The standard InChI is InChI=1S/C60H40N2/c1-4-18-43(19-5-1)59-54-28-13-12-26-51(54)52-37-35-47(40-56(52)60(59)44-20-6-2-7-21-44)61(46-33-31-42(32-34-46)50-29-16-22-41-17-10-11-25-49(41)50)48-36-38-58-55(39-48)53-27-14-15-30-57(53)62(58)45-23-8-3-9-24-45/h1-40H. The van der Waals surface area contributed by atoms with Gasteiger partial charge in [-0.1, -0.05) is 182 Å². The largest absolute Gasteiger partial charge is 0.310 e. The molecule has 2 nitrogen and oxygen atoms in total. The van der Waals surface area contributed by atoms with Gasteiger partial charge < -0.3 is 9.47 Å². The Morgan fingerprint density at radius 1 is 0.274 bits per heavy atom. The number of rotatable bonds is 7. The third kappa shape index (κ3) is 5.88. The average Bonchev–Trinajstić information content (AvgIpc) is 3.68. The van der Waals surface area contributed by atoms with Gasteiger partial charge in [0.05, 0.1) is 11.0 Å². The maximum atomic E-state index is 2.44. The monoisotopic (exact) mass is 788 g/mol. The second-order valence-corrected chi connectivity index (χ2v) is 16.1. The molecule has 62 heavy (non-hydrogen) atoms. The molecule has 0 N–H and O–H groups in total. The van der Waals surface area contributed by atoms with Gasteiger partial charge in [-0.3, -0.25) is 0 Å². The smallest absolute Gasteiger partial charge is 0.0542 e. The van der Waals surface area contributed by atoms with Gasteiger partial charge in [0.25, 0.3) is 0 Å². The Labute approximate surface area is 360 Å². The van der Waals surface area contributed by atoms with E-state index in [2.05, 4.69) is 252 Å². The minimum atomic E-state index is 1.09. The molecule has 0 atom stereocenters. The first-order chi connectivity index (χ1) is 30.8. The van der Waals surface area contributed by atoms with Gasteiger partial charge in [0.2, 0.25) is 0 Å². The normalized spacial score (nSPS) is 11.5. The lowest BCUT2D eigenvalue weighted by molar-refractivity contribution is 1.18. The molecule has 290 valence electrons. The van der Waals surface area contributed by atoms with Gasteiger partial charge in [0.1, 0.15) is 0 Å². The predicted octanol–water partition coefficient (Wildman–Crippen LogP) is 16.7. The second kappa shape index (κ2) is 14.8. The van der Waals surface area contributed by atoms with Crippen molar-refractivity contribution in [3.05, 3.63) is 243 Å². The highest BCUT2D eigenvalue weighted by Crippen LogP contribution is 2.47. The molecule has 1 aromatic heterocycles. The fourth-order valence-electron chi connectivity index (χ4n) is 9.80. The topological polar surface area (TPSA) is 8.17 Å². The van der Waals surface area contributed by atoms with Crippen LogP contribution in [0.25, 0.3) is 93.2 Å². The number of para-hydroxylation sites is 2. The van der Waals surface area contributed by atoms with E-state index in [1.807, 2.05) is 0 Å². The van der Waals surface area contributed by atoms with Crippen LogP contribution in [0.4, 0.5) is 17.1 Å². The molecular formula is C60H40N2. The van der Waals surface area contributed by atoms with Crippen LogP contribution >= 0.6 is 0 Å². The molecule has 0 aliphatic rings. The van der Waals surface area contributed by atoms with E-state index >= 15 is 0 Å². The van der Waals surface area contributed by atoms with E-state index < -0.39 is 0 Å². The molecule has 12 aromatic rings. The number of hydrogen-bond donors (Lipinski definition) is 0. The minimum Gasteiger partial charge on any atom is -0.310 e. The highest BCUT2D eigenvalue weighted by Gasteiger charge is 2.22. The number of hydrogen-bond acceptors (Lipinski definition) is 1. The molecule has 0 spiro atoms. The molecule has 0 aliphatic heterocycles. The highest BCUT2D eigenvalue weighted by atomic mass is 15.1. The van der Waals surface area contributed by atoms with E-state index in [9.17, 15) is 0 Å².